The molecule has 0 atom stereocenters. The molecule has 0 spiro atoms. The lowest BCUT2D eigenvalue weighted by Crippen LogP contribution is -2.31. The average Bonchev–Trinajstić information content (AvgIpc) is 2.77. The zero-order chi connectivity index (χ0) is 18.3. The van der Waals surface area contributed by atoms with Gasteiger partial charge in [0.25, 0.3) is 15.9 Å². The fourth-order valence-corrected chi connectivity index (χ4v) is 2.84. The van der Waals surface area contributed by atoms with Gasteiger partial charge in [0.2, 0.25) is 0 Å². The predicted octanol–water partition coefficient (Wildman–Crippen LogP) is 1.57. The van der Waals surface area contributed by atoms with E-state index in [0.29, 0.717) is 18.1 Å². The molecule has 130 valence electrons. The Balaban J connectivity index is 2.30. The van der Waals surface area contributed by atoms with Gasteiger partial charge in [0.15, 0.2) is 5.03 Å². The number of carbonyl (C=O) groups excluding carboxylic acids is 1. The average molecular weight is 362 g/mol. The smallest absolute Gasteiger partial charge is 0.337 e. The Morgan fingerprint density at radius 1 is 1.29 bits per heavy atom. The lowest BCUT2D eigenvalue weighted by Gasteiger charge is -2.10. The molecule has 2 aromatic heterocycles. The Labute approximate surface area is 135 Å². The second kappa shape index (κ2) is 5.89. The summed E-state index contributed by atoms with van der Waals surface area (Å²) in [5, 5.41) is -0.367. The zero-order valence-corrected chi connectivity index (χ0v) is 13.7. The van der Waals surface area contributed by atoms with Gasteiger partial charge in [-0.3, -0.25) is 9.78 Å². The number of hydrogen-bond acceptors (Lipinski definition) is 5. The number of aromatic nitrogens is 3. The van der Waals surface area contributed by atoms with Crippen LogP contribution >= 0.6 is 0 Å². The summed E-state index contributed by atoms with van der Waals surface area (Å²) in [6.45, 7) is 2.83. The summed E-state index contributed by atoms with van der Waals surface area (Å²) in [6, 6.07) is 0.673. The number of pyridine rings is 1. The van der Waals surface area contributed by atoms with Crippen LogP contribution in [0.2, 0.25) is 0 Å². The number of sulfonamides is 1. The van der Waals surface area contributed by atoms with E-state index in [0.717, 1.165) is 0 Å². The molecule has 0 radical (unpaired) electrons. The first-order chi connectivity index (χ1) is 10.9. The summed E-state index contributed by atoms with van der Waals surface area (Å²) in [6.07, 6.45) is -2.76. The van der Waals surface area contributed by atoms with Crippen molar-refractivity contribution < 1.29 is 26.4 Å². The van der Waals surface area contributed by atoms with Crippen LogP contribution in [0.1, 0.15) is 27.4 Å². The maximum Gasteiger partial charge on any atom is 0.433 e. The van der Waals surface area contributed by atoms with E-state index in [1.54, 1.807) is 18.7 Å². The Hall–Kier alpha value is -2.43. The highest BCUT2D eigenvalue weighted by Gasteiger charge is 2.33. The summed E-state index contributed by atoms with van der Waals surface area (Å²) in [7, 11) is -2.67. The largest absolute Gasteiger partial charge is 0.433 e. The van der Waals surface area contributed by atoms with Crippen molar-refractivity contribution in [2.45, 2.75) is 25.0 Å². The third-order valence-electron chi connectivity index (χ3n) is 3.23. The monoisotopic (exact) mass is 362 g/mol. The van der Waals surface area contributed by atoms with Crippen LogP contribution in [0.15, 0.2) is 23.5 Å². The molecule has 0 unspecified atom stereocenters. The Morgan fingerprint density at radius 3 is 2.38 bits per heavy atom. The number of rotatable bonds is 3. The number of amides is 1. The van der Waals surface area contributed by atoms with Crippen molar-refractivity contribution in [3.05, 3.63) is 41.1 Å². The zero-order valence-electron chi connectivity index (χ0n) is 12.8. The van der Waals surface area contributed by atoms with Crippen LogP contribution in [-0.4, -0.2) is 28.9 Å². The van der Waals surface area contributed by atoms with E-state index in [1.807, 2.05) is 0 Å². The van der Waals surface area contributed by atoms with Crippen molar-refractivity contribution in [3.8, 4) is 0 Å². The molecule has 24 heavy (non-hydrogen) atoms. The highest BCUT2D eigenvalue weighted by Crippen LogP contribution is 2.28. The molecular formula is C13H13F3N4O3S. The van der Waals surface area contributed by atoms with Crippen molar-refractivity contribution in [2.75, 3.05) is 0 Å². The highest BCUT2D eigenvalue weighted by atomic mass is 32.2. The first-order valence-electron chi connectivity index (χ1n) is 6.53. The molecule has 0 aliphatic carbocycles. The van der Waals surface area contributed by atoms with Crippen molar-refractivity contribution in [1.82, 2.24) is 19.3 Å². The molecule has 0 fully saturated rings. The first kappa shape index (κ1) is 17.9. The molecule has 1 N–H and O–H groups in total. The number of alkyl halides is 3. The Bertz CT molecular complexity index is 884. The van der Waals surface area contributed by atoms with E-state index < -0.39 is 27.8 Å². The minimum atomic E-state index is -4.66. The Kier molecular flexibility index (Phi) is 4.40. The molecule has 7 nitrogen and oxygen atoms in total. The first-order valence-corrected chi connectivity index (χ1v) is 8.01. The molecular weight excluding hydrogens is 349 g/mol. The highest BCUT2D eigenvalue weighted by molar-refractivity contribution is 7.90. The van der Waals surface area contributed by atoms with Gasteiger partial charge in [0, 0.05) is 19.4 Å². The number of hydrogen-bond donors (Lipinski definition) is 1. The Morgan fingerprint density at radius 2 is 1.92 bits per heavy atom. The number of nitrogens with zero attached hydrogens (tertiary/aromatic N) is 3. The van der Waals surface area contributed by atoms with E-state index in [-0.39, 0.29) is 16.2 Å². The lowest BCUT2D eigenvalue weighted by molar-refractivity contribution is -0.141. The molecule has 0 saturated heterocycles. The molecule has 11 heteroatoms. The maximum absolute atomic E-state index is 12.6. The van der Waals surface area contributed by atoms with E-state index in [1.165, 1.54) is 17.7 Å². The van der Waals surface area contributed by atoms with Crippen LogP contribution in [0.5, 0.6) is 0 Å². The molecule has 2 rings (SSSR count). The van der Waals surface area contributed by atoms with Gasteiger partial charge in [-0.05, 0) is 25.5 Å². The minimum absolute atomic E-state index is 0.0535. The quantitative estimate of drug-likeness (QED) is 0.894. The third-order valence-corrected chi connectivity index (χ3v) is 4.44. The van der Waals surface area contributed by atoms with Crippen LogP contribution in [0, 0.1) is 13.8 Å². The maximum atomic E-state index is 12.6. The second-order valence-corrected chi connectivity index (χ2v) is 6.68. The van der Waals surface area contributed by atoms with Gasteiger partial charge in [-0.15, -0.1) is 0 Å². The normalized spacial score (nSPS) is 12.2. The van der Waals surface area contributed by atoms with Crippen molar-refractivity contribution in [3.63, 3.8) is 0 Å². The number of halogens is 3. The van der Waals surface area contributed by atoms with E-state index in [2.05, 4.69) is 9.97 Å². The number of aryl methyl sites for hydroxylation is 3. The number of imidazole rings is 1. The molecule has 1 amide bonds. The molecule has 0 saturated carbocycles. The molecule has 2 heterocycles. The van der Waals surface area contributed by atoms with Gasteiger partial charge in [-0.2, -0.15) is 21.6 Å². The van der Waals surface area contributed by atoms with Gasteiger partial charge >= 0.3 is 6.18 Å². The van der Waals surface area contributed by atoms with Crippen LogP contribution < -0.4 is 4.72 Å². The summed E-state index contributed by atoms with van der Waals surface area (Å²) < 4.78 is 65.1. The van der Waals surface area contributed by atoms with Crippen LogP contribution in [0.25, 0.3) is 0 Å². The van der Waals surface area contributed by atoms with Gasteiger partial charge in [0.1, 0.15) is 11.5 Å². The number of carbonyl (C=O) groups is 1. The second-order valence-electron chi connectivity index (χ2n) is 5.05. The van der Waals surface area contributed by atoms with E-state index in [4.69, 9.17) is 0 Å². The van der Waals surface area contributed by atoms with Gasteiger partial charge in [-0.25, -0.2) is 9.71 Å². The molecule has 0 aliphatic heterocycles. The van der Waals surface area contributed by atoms with Gasteiger partial charge in [-0.1, -0.05) is 0 Å². The SMILES string of the molecule is Cc1cc(C(F)(F)F)ncc1C(=O)NS(=O)(=O)c1cn(C)c(C)n1. The summed E-state index contributed by atoms with van der Waals surface area (Å²) in [4.78, 5) is 19.0. The van der Waals surface area contributed by atoms with Crippen LogP contribution in [-0.2, 0) is 23.2 Å². The fraction of sp³-hybridized carbons (Fsp3) is 0.308. The minimum Gasteiger partial charge on any atom is -0.337 e. The van der Waals surface area contributed by atoms with Gasteiger partial charge < -0.3 is 4.57 Å². The van der Waals surface area contributed by atoms with Crippen molar-refractivity contribution in [1.29, 1.82) is 0 Å². The van der Waals surface area contributed by atoms with Crippen LogP contribution in [0.3, 0.4) is 0 Å². The predicted molar refractivity (Wildman–Crippen MR) is 76.6 cm³/mol. The van der Waals surface area contributed by atoms with Crippen molar-refractivity contribution >= 4 is 15.9 Å². The molecule has 0 bridgehead atoms. The molecule has 0 aromatic carbocycles. The van der Waals surface area contributed by atoms with E-state index >= 15 is 0 Å². The fourth-order valence-electron chi connectivity index (χ4n) is 1.83. The summed E-state index contributed by atoms with van der Waals surface area (Å²) in [5.41, 5.74) is -1.50. The van der Waals surface area contributed by atoms with Crippen molar-refractivity contribution in [2.24, 2.45) is 7.05 Å². The third kappa shape index (κ3) is 3.55. The lowest BCUT2D eigenvalue weighted by atomic mass is 10.1. The summed E-state index contributed by atoms with van der Waals surface area (Å²) >= 11 is 0. The summed E-state index contributed by atoms with van der Waals surface area (Å²) in [5.74, 6) is -0.674. The standard InChI is InChI=1S/C13H13F3N4O3S/c1-7-4-10(13(14,15)16)17-5-9(7)12(21)19-24(22,23)11-6-20(3)8(2)18-11/h4-6H,1-3H3,(H,19,21). The molecule has 0 aliphatic rings. The van der Waals surface area contributed by atoms with E-state index in [9.17, 15) is 26.4 Å². The molecule has 2 aromatic rings. The van der Waals surface area contributed by atoms with Gasteiger partial charge in [0.05, 0.1) is 5.56 Å². The number of nitrogens with one attached hydrogen (secondary N) is 1. The topological polar surface area (TPSA) is 94.0 Å². The van der Waals surface area contributed by atoms with Crippen LogP contribution in [0.4, 0.5) is 13.2 Å².